The molecule has 0 aliphatic heterocycles. The van der Waals surface area contributed by atoms with Crippen molar-refractivity contribution in [3.05, 3.63) is 24.8 Å². The summed E-state index contributed by atoms with van der Waals surface area (Å²) in [7, 11) is 0. The van der Waals surface area contributed by atoms with E-state index in [-0.39, 0.29) is 5.41 Å². The Kier molecular flexibility index (Phi) is 3.81. The Morgan fingerprint density at radius 2 is 2.07 bits per heavy atom. The van der Waals surface area contributed by atoms with Crippen molar-refractivity contribution in [3.8, 4) is 0 Å². The third-order valence-electron chi connectivity index (χ3n) is 4.25. The second-order valence-corrected chi connectivity index (χ2v) is 5.83. The van der Waals surface area contributed by atoms with Crippen LogP contribution in [0.4, 0.5) is 0 Å². The number of hydrogen-bond donors (Lipinski definition) is 0. The van der Waals surface area contributed by atoms with Crippen molar-refractivity contribution >= 4 is 0 Å². The average Bonchev–Trinajstić information content (AvgIpc) is 2.16. The molecule has 1 aliphatic rings. The van der Waals surface area contributed by atoms with Crippen LogP contribution in [0.5, 0.6) is 0 Å². The van der Waals surface area contributed by atoms with Gasteiger partial charge in [0.2, 0.25) is 0 Å². The van der Waals surface area contributed by atoms with Gasteiger partial charge in [0.05, 0.1) is 0 Å². The van der Waals surface area contributed by atoms with Gasteiger partial charge in [0.25, 0.3) is 0 Å². The first kappa shape index (κ1) is 12.5. The first-order valence-corrected chi connectivity index (χ1v) is 6.21. The van der Waals surface area contributed by atoms with Gasteiger partial charge in [-0.3, -0.25) is 0 Å². The fourth-order valence-corrected chi connectivity index (χ4v) is 3.41. The average molecular weight is 206 g/mol. The van der Waals surface area contributed by atoms with Gasteiger partial charge >= 0.3 is 0 Å². The summed E-state index contributed by atoms with van der Waals surface area (Å²) in [5.74, 6) is 2.18. The number of hydrogen-bond acceptors (Lipinski definition) is 0. The van der Waals surface area contributed by atoms with Crippen LogP contribution in [0.3, 0.4) is 0 Å². The van der Waals surface area contributed by atoms with Crippen LogP contribution < -0.4 is 0 Å². The van der Waals surface area contributed by atoms with Crippen LogP contribution in [0.15, 0.2) is 24.8 Å². The lowest BCUT2D eigenvalue weighted by molar-refractivity contribution is 0.0985. The minimum atomic E-state index is 0.277. The standard InChI is InChI=1S/C15H26/c1-7-15(6)10-8-9-13(11(2)3)14(15)12(4)5/h7,11,13-14H,1,4,8-10H2,2-3,5-6H3. The van der Waals surface area contributed by atoms with E-state index in [0.717, 1.165) is 11.8 Å². The van der Waals surface area contributed by atoms with Crippen LogP contribution in [0.2, 0.25) is 0 Å². The molecule has 3 unspecified atom stereocenters. The van der Waals surface area contributed by atoms with Crippen LogP contribution in [0.1, 0.15) is 47.0 Å². The topological polar surface area (TPSA) is 0 Å². The molecule has 0 heteroatoms. The van der Waals surface area contributed by atoms with Crippen LogP contribution >= 0.6 is 0 Å². The highest BCUT2D eigenvalue weighted by molar-refractivity contribution is 5.13. The Morgan fingerprint density at radius 1 is 1.47 bits per heavy atom. The molecule has 0 saturated heterocycles. The highest BCUT2D eigenvalue weighted by atomic mass is 14.5. The van der Waals surface area contributed by atoms with Gasteiger partial charge in [0.1, 0.15) is 0 Å². The van der Waals surface area contributed by atoms with E-state index in [1.165, 1.54) is 24.8 Å². The van der Waals surface area contributed by atoms with Crippen LogP contribution in [-0.4, -0.2) is 0 Å². The van der Waals surface area contributed by atoms with Gasteiger partial charge in [-0.15, -0.1) is 6.58 Å². The van der Waals surface area contributed by atoms with E-state index < -0.39 is 0 Å². The summed E-state index contributed by atoms with van der Waals surface area (Å²) in [5, 5.41) is 0. The summed E-state index contributed by atoms with van der Waals surface area (Å²) in [6, 6.07) is 0. The maximum absolute atomic E-state index is 4.21. The predicted octanol–water partition coefficient (Wildman–Crippen LogP) is 4.83. The van der Waals surface area contributed by atoms with Crippen LogP contribution in [-0.2, 0) is 0 Å². The Hall–Kier alpha value is -0.520. The molecule has 0 bridgehead atoms. The third kappa shape index (κ3) is 2.35. The Balaban J connectivity index is 3.01. The van der Waals surface area contributed by atoms with E-state index in [0.29, 0.717) is 5.92 Å². The van der Waals surface area contributed by atoms with E-state index in [1.54, 1.807) is 0 Å². The van der Waals surface area contributed by atoms with Crippen molar-refractivity contribution in [2.75, 3.05) is 0 Å². The van der Waals surface area contributed by atoms with Gasteiger partial charge in [0.15, 0.2) is 0 Å². The Bertz CT molecular complexity index is 249. The molecular weight excluding hydrogens is 180 g/mol. The van der Waals surface area contributed by atoms with E-state index in [2.05, 4.69) is 46.9 Å². The van der Waals surface area contributed by atoms with E-state index in [9.17, 15) is 0 Å². The molecule has 1 rings (SSSR count). The number of rotatable bonds is 3. The molecule has 0 spiro atoms. The van der Waals surface area contributed by atoms with Gasteiger partial charge < -0.3 is 0 Å². The number of allylic oxidation sites excluding steroid dienone is 2. The van der Waals surface area contributed by atoms with Gasteiger partial charge in [-0.25, -0.2) is 0 Å². The monoisotopic (exact) mass is 206 g/mol. The summed E-state index contributed by atoms with van der Waals surface area (Å²) in [5.41, 5.74) is 1.62. The molecule has 0 aromatic carbocycles. The zero-order valence-electron chi connectivity index (χ0n) is 10.8. The van der Waals surface area contributed by atoms with Crippen molar-refractivity contribution in [3.63, 3.8) is 0 Å². The summed E-state index contributed by atoms with van der Waals surface area (Å²) >= 11 is 0. The van der Waals surface area contributed by atoms with Gasteiger partial charge in [-0.1, -0.05) is 45.4 Å². The van der Waals surface area contributed by atoms with E-state index in [1.807, 2.05) is 0 Å². The van der Waals surface area contributed by atoms with Crippen molar-refractivity contribution in [1.29, 1.82) is 0 Å². The highest BCUT2D eigenvalue weighted by Gasteiger charge is 2.41. The van der Waals surface area contributed by atoms with Crippen molar-refractivity contribution in [1.82, 2.24) is 0 Å². The molecule has 1 fully saturated rings. The molecule has 15 heavy (non-hydrogen) atoms. The quantitative estimate of drug-likeness (QED) is 0.580. The molecule has 1 aliphatic carbocycles. The summed E-state index contributed by atoms with van der Waals surface area (Å²) in [4.78, 5) is 0. The lowest BCUT2D eigenvalue weighted by Crippen LogP contribution is -2.38. The fraction of sp³-hybridized carbons (Fsp3) is 0.733. The zero-order chi connectivity index (χ0) is 11.6. The highest BCUT2D eigenvalue weighted by Crippen LogP contribution is 2.50. The molecule has 1 saturated carbocycles. The Labute approximate surface area is 95.5 Å². The Morgan fingerprint density at radius 3 is 2.47 bits per heavy atom. The summed E-state index contributed by atoms with van der Waals surface area (Å²) in [6.45, 7) is 17.5. The lowest BCUT2D eigenvalue weighted by Gasteiger charge is -2.47. The van der Waals surface area contributed by atoms with Gasteiger partial charge in [-0.05, 0) is 42.9 Å². The molecule has 0 radical (unpaired) electrons. The first-order valence-electron chi connectivity index (χ1n) is 6.21. The summed E-state index contributed by atoms with van der Waals surface area (Å²) in [6.07, 6.45) is 6.14. The summed E-state index contributed by atoms with van der Waals surface area (Å²) < 4.78 is 0. The van der Waals surface area contributed by atoms with E-state index in [4.69, 9.17) is 0 Å². The van der Waals surface area contributed by atoms with Crippen LogP contribution in [0, 0.1) is 23.2 Å². The molecule has 86 valence electrons. The minimum Gasteiger partial charge on any atom is -0.103 e. The molecule has 0 heterocycles. The first-order chi connectivity index (χ1) is 6.92. The van der Waals surface area contributed by atoms with Gasteiger partial charge in [-0.2, -0.15) is 0 Å². The van der Waals surface area contributed by atoms with Gasteiger partial charge in [0, 0.05) is 0 Å². The van der Waals surface area contributed by atoms with Crippen molar-refractivity contribution in [2.24, 2.45) is 23.2 Å². The maximum atomic E-state index is 4.21. The molecule has 0 amide bonds. The second-order valence-electron chi connectivity index (χ2n) is 5.83. The second kappa shape index (κ2) is 4.55. The van der Waals surface area contributed by atoms with Crippen molar-refractivity contribution in [2.45, 2.75) is 47.0 Å². The predicted molar refractivity (Wildman–Crippen MR) is 68.8 cm³/mol. The normalized spacial score (nSPS) is 36.6. The zero-order valence-corrected chi connectivity index (χ0v) is 10.8. The molecule has 3 atom stereocenters. The molecule has 0 nitrogen and oxygen atoms in total. The molecular formula is C15H26. The smallest absolute Gasteiger partial charge is 0.00812 e. The van der Waals surface area contributed by atoms with Crippen LogP contribution in [0.25, 0.3) is 0 Å². The minimum absolute atomic E-state index is 0.277. The largest absolute Gasteiger partial charge is 0.103 e. The maximum Gasteiger partial charge on any atom is -0.00812 e. The molecule has 0 N–H and O–H groups in total. The molecule has 0 aromatic rings. The fourth-order valence-electron chi connectivity index (χ4n) is 3.41. The third-order valence-corrected chi connectivity index (χ3v) is 4.25. The van der Waals surface area contributed by atoms with E-state index >= 15 is 0 Å². The molecule has 0 aromatic heterocycles. The lowest BCUT2D eigenvalue weighted by atomic mass is 9.58. The van der Waals surface area contributed by atoms with Crippen molar-refractivity contribution < 1.29 is 0 Å². The SMILES string of the molecule is C=CC1(C)CCCC(C(C)C)C1C(=C)C.